The SMILES string of the molecule is CCCCCC/C=C/Oc1ccc(C(=O)Oc2ccc(OC[C@@H](C)CC)cc2)cc1. The second-order valence-electron chi connectivity index (χ2n) is 7.55. The molecule has 1 atom stereocenters. The molecule has 0 aliphatic heterocycles. The number of hydrogen-bond acceptors (Lipinski definition) is 4. The smallest absolute Gasteiger partial charge is 0.343 e. The molecule has 0 unspecified atom stereocenters. The van der Waals surface area contributed by atoms with Gasteiger partial charge in [-0.3, -0.25) is 0 Å². The molecule has 0 saturated carbocycles. The van der Waals surface area contributed by atoms with Gasteiger partial charge in [-0.05, 0) is 73.4 Å². The summed E-state index contributed by atoms with van der Waals surface area (Å²) in [5, 5.41) is 0. The molecule has 0 heterocycles. The molecule has 0 bridgehead atoms. The fourth-order valence-corrected chi connectivity index (χ4v) is 2.68. The van der Waals surface area contributed by atoms with Crippen LogP contribution in [0.25, 0.3) is 0 Å². The van der Waals surface area contributed by atoms with Gasteiger partial charge in [-0.1, -0.05) is 46.5 Å². The van der Waals surface area contributed by atoms with Crippen LogP contribution in [0.1, 0.15) is 69.7 Å². The van der Waals surface area contributed by atoms with Gasteiger partial charge in [0, 0.05) is 0 Å². The van der Waals surface area contributed by atoms with Crippen molar-refractivity contribution >= 4 is 5.97 Å². The molecule has 162 valence electrons. The summed E-state index contributed by atoms with van der Waals surface area (Å²) in [6.45, 7) is 7.18. The molecule has 0 amide bonds. The first-order valence-electron chi connectivity index (χ1n) is 11.0. The second kappa shape index (κ2) is 13.5. The zero-order valence-electron chi connectivity index (χ0n) is 18.4. The van der Waals surface area contributed by atoms with E-state index in [1.807, 2.05) is 18.2 Å². The van der Waals surface area contributed by atoms with E-state index in [2.05, 4.69) is 20.8 Å². The van der Waals surface area contributed by atoms with Crippen molar-refractivity contribution in [1.29, 1.82) is 0 Å². The zero-order valence-corrected chi connectivity index (χ0v) is 18.4. The number of esters is 1. The van der Waals surface area contributed by atoms with Gasteiger partial charge in [0.2, 0.25) is 0 Å². The highest BCUT2D eigenvalue weighted by Crippen LogP contribution is 2.20. The third-order valence-corrected chi connectivity index (χ3v) is 4.88. The molecular weight excluding hydrogens is 376 g/mol. The lowest BCUT2D eigenvalue weighted by Gasteiger charge is -2.11. The molecule has 0 aromatic heterocycles. The number of ether oxygens (including phenoxy) is 3. The first-order valence-corrected chi connectivity index (χ1v) is 11.0. The van der Waals surface area contributed by atoms with E-state index in [-0.39, 0.29) is 0 Å². The minimum Gasteiger partial charge on any atom is -0.493 e. The summed E-state index contributed by atoms with van der Waals surface area (Å²) < 4.78 is 16.7. The van der Waals surface area contributed by atoms with Gasteiger partial charge in [0.15, 0.2) is 0 Å². The summed E-state index contributed by atoms with van der Waals surface area (Å²) in [5.74, 6) is 2.06. The first kappa shape index (κ1) is 23.5. The van der Waals surface area contributed by atoms with E-state index in [4.69, 9.17) is 14.2 Å². The van der Waals surface area contributed by atoms with Crippen LogP contribution in [0.3, 0.4) is 0 Å². The Hall–Kier alpha value is -2.75. The molecule has 0 fully saturated rings. The number of unbranched alkanes of at least 4 members (excludes halogenated alkanes) is 4. The largest absolute Gasteiger partial charge is 0.493 e. The van der Waals surface area contributed by atoms with Gasteiger partial charge >= 0.3 is 5.97 Å². The summed E-state index contributed by atoms with van der Waals surface area (Å²) in [6, 6.07) is 14.1. The topological polar surface area (TPSA) is 44.8 Å². The lowest BCUT2D eigenvalue weighted by molar-refractivity contribution is 0.0734. The van der Waals surface area contributed by atoms with Crippen LogP contribution in [0.2, 0.25) is 0 Å². The van der Waals surface area contributed by atoms with Crippen LogP contribution in [-0.4, -0.2) is 12.6 Å². The van der Waals surface area contributed by atoms with Gasteiger partial charge in [-0.25, -0.2) is 4.79 Å². The van der Waals surface area contributed by atoms with Gasteiger partial charge < -0.3 is 14.2 Å². The predicted molar refractivity (Wildman–Crippen MR) is 121 cm³/mol. The Labute approximate surface area is 180 Å². The van der Waals surface area contributed by atoms with Crippen LogP contribution >= 0.6 is 0 Å². The molecule has 0 N–H and O–H groups in total. The average molecular weight is 411 g/mol. The van der Waals surface area contributed by atoms with Crippen molar-refractivity contribution in [3.05, 3.63) is 66.4 Å². The summed E-state index contributed by atoms with van der Waals surface area (Å²) >= 11 is 0. The molecule has 0 spiro atoms. The molecule has 2 rings (SSSR count). The van der Waals surface area contributed by atoms with Crippen molar-refractivity contribution in [2.45, 2.75) is 59.3 Å². The third-order valence-electron chi connectivity index (χ3n) is 4.88. The highest BCUT2D eigenvalue weighted by atomic mass is 16.5. The quantitative estimate of drug-likeness (QED) is 0.152. The molecule has 0 aliphatic carbocycles. The summed E-state index contributed by atoms with van der Waals surface area (Å²) in [7, 11) is 0. The van der Waals surface area contributed by atoms with E-state index in [0.717, 1.165) is 18.6 Å². The Morgan fingerprint density at radius 1 is 0.900 bits per heavy atom. The lowest BCUT2D eigenvalue weighted by atomic mass is 10.1. The molecule has 0 aliphatic rings. The highest BCUT2D eigenvalue weighted by molar-refractivity contribution is 5.91. The fourth-order valence-electron chi connectivity index (χ4n) is 2.68. The number of rotatable bonds is 13. The number of carbonyl (C=O) groups is 1. The zero-order chi connectivity index (χ0) is 21.6. The minimum atomic E-state index is -0.402. The molecule has 2 aromatic carbocycles. The maximum atomic E-state index is 12.3. The van der Waals surface area contributed by atoms with Crippen molar-refractivity contribution in [3.8, 4) is 17.2 Å². The average Bonchev–Trinajstić information content (AvgIpc) is 2.78. The van der Waals surface area contributed by atoms with Crippen molar-refractivity contribution in [2.75, 3.05) is 6.61 Å². The second-order valence-corrected chi connectivity index (χ2v) is 7.55. The monoisotopic (exact) mass is 410 g/mol. The molecule has 4 nitrogen and oxygen atoms in total. The standard InChI is InChI=1S/C26H34O4/c1-4-6-7-8-9-10-19-28-23-13-11-22(12-14-23)26(27)30-25-17-15-24(16-18-25)29-20-21(3)5-2/h10-19,21H,4-9,20H2,1-3H3/b19-10+/t21-/m0/s1. The van der Waals surface area contributed by atoms with Crippen molar-refractivity contribution in [2.24, 2.45) is 5.92 Å². The highest BCUT2D eigenvalue weighted by Gasteiger charge is 2.09. The Bertz CT molecular complexity index is 763. The Kier molecular flexibility index (Phi) is 10.6. The normalized spacial score (nSPS) is 12.0. The van der Waals surface area contributed by atoms with E-state index >= 15 is 0 Å². The van der Waals surface area contributed by atoms with Gasteiger partial charge in [0.05, 0.1) is 18.4 Å². The molecule has 0 radical (unpaired) electrons. The van der Waals surface area contributed by atoms with E-state index in [9.17, 15) is 4.79 Å². The van der Waals surface area contributed by atoms with E-state index < -0.39 is 5.97 Å². The summed E-state index contributed by atoms with van der Waals surface area (Å²) in [6.07, 6.45) is 10.8. The van der Waals surface area contributed by atoms with Gasteiger partial charge in [-0.15, -0.1) is 0 Å². The van der Waals surface area contributed by atoms with Crippen LogP contribution in [0, 0.1) is 5.92 Å². The maximum Gasteiger partial charge on any atom is 0.343 e. The predicted octanol–water partition coefficient (Wildman–Crippen LogP) is 7.19. The maximum absolute atomic E-state index is 12.3. The number of carbonyl (C=O) groups excluding carboxylic acids is 1. The van der Waals surface area contributed by atoms with Crippen LogP contribution in [0.4, 0.5) is 0 Å². The fraction of sp³-hybridized carbons (Fsp3) is 0.423. The summed E-state index contributed by atoms with van der Waals surface area (Å²) in [5.41, 5.74) is 0.475. The Balaban J connectivity index is 1.78. The molecule has 0 saturated heterocycles. The number of hydrogen-bond donors (Lipinski definition) is 0. The minimum absolute atomic E-state index is 0.402. The Morgan fingerprint density at radius 3 is 2.23 bits per heavy atom. The number of allylic oxidation sites excluding steroid dienone is 1. The molecule has 4 heteroatoms. The Morgan fingerprint density at radius 2 is 1.57 bits per heavy atom. The van der Waals surface area contributed by atoms with Gasteiger partial charge in [0.25, 0.3) is 0 Å². The van der Waals surface area contributed by atoms with Crippen molar-refractivity contribution in [3.63, 3.8) is 0 Å². The van der Waals surface area contributed by atoms with E-state index in [1.165, 1.54) is 25.7 Å². The molecule has 2 aromatic rings. The van der Waals surface area contributed by atoms with E-state index in [0.29, 0.717) is 29.6 Å². The van der Waals surface area contributed by atoms with Crippen molar-refractivity contribution < 1.29 is 19.0 Å². The molecular formula is C26H34O4. The van der Waals surface area contributed by atoms with Crippen LogP contribution in [-0.2, 0) is 0 Å². The third kappa shape index (κ3) is 8.73. The van der Waals surface area contributed by atoms with Crippen molar-refractivity contribution in [1.82, 2.24) is 0 Å². The summed E-state index contributed by atoms with van der Waals surface area (Å²) in [4.78, 5) is 12.3. The first-order chi connectivity index (χ1) is 14.6. The van der Waals surface area contributed by atoms with Gasteiger partial charge in [-0.2, -0.15) is 0 Å². The molecule has 30 heavy (non-hydrogen) atoms. The van der Waals surface area contributed by atoms with E-state index in [1.54, 1.807) is 42.7 Å². The van der Waals surface area contributed by atoms with Crippen LogP contribution in [0.5, 0.6) is 17.2 Å². The van der Waals surface area contributed by atoms with Gasteiger partial charge in [0.1, 0.15) is 17.2 Å². The van der Waals surface area contributed by atoms with Crippen LogP contribution < -0.4 is 14.2 Å². The van der Waals surface area contributed by atoms with Crippen LogP contribution in [0.15, 0.2) is 60.9 Å². The number of benzene rings is 2. The lowest BCUT2D eigenvalue weighted by Crippen LogP contribution is -2.09.